The van der Waals surface area contributed by atoms with Crippen molar-refractivity contribution >= 4 is 27.5 Å². The monoisotopic (exact) mass is 403 g/mol. The SMILES string of the molecule is CCN(CC)S(=O)(=O)c1cc(Cl)ccc1OCC(=O)N1CCN(C)CC1. The van der Waals surface area contributed by atoms with Gasteiger partial charge < -0.3 is 14.5 Å². The van der Waals surface area contributed by atoms with Crippen molar-refractivity contribution in [1.82, 2.24) is 14.1 Å². The Hall–Kier alpha value is -1.35. The maximum atomic E-state index is 12.8. The zero-order valence-corrected chi connectivity index (χ0v) is 17.0. The lowest BCUT2D eigenvalue weighted by Gasteiger charge is -2.32. The van der Waals surface area contributed by atoms with E-state index in [4.69, 9.17) is 16.3 Å². The predicted molar refractivity (Wildman–Crippen MR) is 101 cm³/mol. The molecule has 9 heteroatoms. The highest BCUT2D eigenvalue weighted by molar-refractivity contribution is 7.89. The normalized spacial score (nSPS) is 16.1. The Kier molecular flexibility index (Phi) is 7.28. The smallest absolute Gasteiger partial charge is 0.260 e. The van der Waals surface area contributed by atoms with E-state index in [0.717, 1.165) is 13.1 Å². The van der Waals surface area contributed by atoms with Crippen molar-refractivity contribution in [2.24, 2.45) is 0 Å². The fourth-order valence-electron chi connectivity index (χ4n) is 2.79. The van der Waals surface area contributed by atoms with Crippen molar-refractivity contribution in [1.29, 1.82) is 0 Å². The Labute approximate surface area is 160 Å². The molecule has 26 heavy (non-hydrogen) atoms. The molecule has 1 saturated heterocycles. The number of piperazine rings is 1. The highest BCUT2D eigenvalue weighted by Crippen LogP contribution is 2.30. The Morgan fingerprint density at radius 1 is 1.19 bits per heavy atom. The number of ether oxygens (including phenoxy) is 1. The molecule has 0 bridgehead atoms. The first-order valence-electron chi connectivity index (χ1n) is 8.68. The number of likely N-dealkylation sites (N-methyl/N-ethyl adjacent to an activating group) is 1. The number of nitrogens with zero attached hydrogens (tertiary/aromatic N) is 3. The number of amides is 1. The molecule has 2 rings (SSSR count). The molecule has 0 aliphatic carbocycles. The lowest BCUT2D eigenvalue weighted by molar-refractivity contribution is -0.135. The predicted octanol–water partition coefficient (Wildman–Crippen LogP) is 1.52. The van der Waals surface area contributed by atoms with Gasteiger partial charge >= 0.3 is 0 Å². The summed E-state index contributed by atoms with van der Waals surface area (Å²) in [5.74, 6) is -0.0111. The van der Waals surface area contributed by atoms with Crippen LogP contribution in [0.1, 0.15) is 13.8 Å². The van der Waals surface area contributed by atoms with E-state index in [0.29, 0.717) is 31.2 Å². The number of carbonyl (C=O) groups is 1. The van der Waals surface area contributed by atoms with Crippen LogP contribution in [0.2, 0.25) is 5.02 Å². The molecule has 0 radical (unpaired) electrons. The van der Waals surface area contributed by atoms with Crippen LogP contribution in [0.5, 0.6) is 5.75 Å². The second-order valence-electron chi connectivity index (χ2n) is 6.15. The van der Waals surface area contributed by atoms with Gasteiger partial charge in [0.25, 0.3) is 5.91 Å². The van der Waals surface area contributed by atoms with Crippen LogP contribution in [-0.2, 0) is 14.8 Å². The molecule has 1 aliphatic heterocycles. The van der Waals surface area contributed by atoms with E-state index in [-0.39, 0.29) is 23.2 Å². The number of benzene rings is 1. The number of carbonyl (C=O) groups excluding carboxylic acids is 1. The minimum Gasteiger partial charge on any atom is -0.482 e. The fraction of sp³-hybridized carbons (Fsp3) is 0.588. The van der Waals surface area contributed by atoms with E-state index in [1.807, 2.05) is 7.05 Å². The standard InChI is InChI=1S/C17H26ClN3O4S/c1-4-21(5-2)26(23,24)16-12-14(18)6-7-15(16)25-13-17(22)20-10-8-19(3)9-11-20/h6-7,12H,4-5,8-11,13H2,1-3H3. The largest absolute Gasteiger partial charge is 0.482 e. The molecule has 7 nitrogen and oxygen atoms in total. The third-order valence-electron chi connectivity index (χ3n) is 4.44. The van der Waals surface area contributed by atoms with E-state index < -0.39 is 10.0 Å². The van der Waals surface area contributed by atoms with Gasteiger partial charge in [-0.25, -0.2) is 8.42 Å². The van der Waals surface area contributed by atoms with E-state index in [1.54, 1.807) is 24.8 Å². The van der Waals surface area contributed by atoms with Crippen LogP contribution in [0.4, 0.5) is 0 Å². The second kappa shape index (κ2) is 9.03. The van der Waals surface area contributed by atoms with Crippen LogP contribution < -0.4 is 4.74 Å². The lowest BCUT2D eigenvalue weighted by Crippen LogP contribution is -2.48. The molecule has 146 valence electrons. The minimum absolute atomic E-state index is 0.0140. The van der Waals surface area contributed by atoms with Gasteiger partial charge in [-0.15, -0.1) is 0 Å². The van der Waals surface area contributed by atoms with Gasteiger partial charge in [0.05, 0.1) is 0 Å². The van der Waals surface area contributed by atoms with Gasteiger partial charge in [-0.3, -0.25) is 4.79 Å². The summed E-state index contributed by atoms with van der Waals surface area (Å²) in [5, 5.41) is 0.300. The summed E-state index contributed by atoms with van der Waals surface area (Å²) in [5.41, 5.74) is 0. The topological polar surface area (TPSA) is 70.2 Å². The number of hydrogen-bond acceptors (Lipinski definition) is 5. The second-order valence-corrected chi connectivity index (χ2v) is 8.50. The number of hydrogen-bond donors (Lipinski definition) is 0. The molecule has 1 fully saturated rings. The van der Waals surface area contributed by atoms with Crippen LogP contribution in [-0.4, -0.2) is 81.4 Å². The number of sulfonamides is 1. The zero-order valence-electron chi connectivity index (χ0n) is 15.4. The summed E-state index contributed by atoms with van der Waals surface area (Å²) in [4.78, 5) is 16.2. The van der Waals surface area contributed by atoms with Gasteiger partial charge in [0.15, 0.2) is 6.61 Å². The molecule has 1 heterocycles. The summed E-state index contributed by atoms with van der Waals surface area (Å²) in [6.45, 7) is 6.92. The molecule has 0 N–H and O–H groups in total. The molecule has 0 atom stereocenters. The molecule has 1 amide bonds. The first-order chi connectivity index (χ1) is 12.3. The summed E-state index contributed by atoms with van der Waals surface area (Å²) >= 11 is 5.99. The van der Waals surface area contributed by atoms with Crippen LogP contribution in [0.3, 0.4) is 0 Å². The highest BCUT2D eigenvalue weighted by Gasteiger charge is 2.27. The maximum Gasteiger partial charge on any atom is 0.260 e. The van der Waals surface area contributed by atoms with Crippen molar-refractivity contribution in [2.45, 2.75) is 18.7 Å². The van der Waals surface area contributed by atoms with Gasteiger partial charge in [-0.1, -0.05) is 25.4 Å². The van der Waals surface area contributed by atoms with Gasteiger partial charge in [0.1, 0.15) is 10.6 Å². The summed E-state index contributed by atoms with van der Waals surface area (Å²) in [6, 6.07) is 4.42. The van der Waals surface area contributed by atoms with Crippen molar-refractivity contribution < 1.29 is 17.9 Å². The van der Waals surface area contributed by atoms with Gasteiger partial charge in [0.2, 0.25) is 10.0 Å². The summed E-state index contributed by atoms with van der Waals surface area (Å²) in [7, 11) is -1.73. The number of halogens is 1. The van der Waals surface area contributed by atoms with Crippen molar-refractivity contribution in [3.05, 3.63) is 23.2 Å². The van der Waals surface area contributed by atoms with E-state index in [9.17, 15) is 13.2 Å². The van der Waals surface area contributed by atoms with Crippen LogP contribution >= 0.6 is 11.6 Å². The maximum absolute atomic E-state index is 12.8. The zero-order chi connectivity index (χ0) is 19.3. The molecule has 1 aromatic rings. The summed E-state index contributed by atoms with van der Waals surface area (Å²) < 4.78 is 32.6. The number of rotatable bonds is 7. The molecular weight excluding hydrogens is 378 g/mol. The fourth-order valence-corrected chi connectivity index (χ4v) is 4.64. The van der Waals surface area contributed by atoms with E-state index in [1.165, 1.54) is 16.4 Å². The highest BCUT2D eigenvalue weighted by atomic mass is 35.5. The Morgan fingerprint density at radius 2 is 1.81 bits per heavy atom. The minimum atomic E-state index is -3.74. The molecule has 0 aromatic heterocycles. The average molecular weight is 404 g/mol. The first-order valence-corrected chi connectivity index (χ1v) is 10.5. The van der Waals surface area contributed by atoms with Gasteiger partial charge in [0, 0.05) is 44.3 Å². The van der Waals surface area contributed by atoms with Crippen molar-refractivity contribution in [3.63, 3.8) is 0 Å². The first kappa shape index (κ1) is 21.0. The summed E-state index contributed by atoms with van der Waals surface area (Å²) in [6.07, 6.45) is 0. The third kappa shape index (κ3) is 4.88. The van der Waals surface area contributed by atoms with Crippen molar-refractivity contribution in [3.8, 4) is 5.75 Å². The van der Waals surface area contributed by atoms with Crippen molar-refractivity contribution in [2.75, 3.05) is 52.9 Å². The molecule has 0 saturated carbocycles. The average Bonchev–Trinajstić information content (AvgIpc) is 2.61. The Balaban J connectivity index is 2.16. The lowest BCUT2D eigenvalue weighted by atomic mass is 10.3. The third-order valence-corrected chi connectivity index (χ3v) is 6.74. The van der Waals surface area contributed by atoms with Gasteiger partial charge in [-0.05, 0) is 25.2 Å². The van der Waals surface area contributed by atoms with Gasteiger partial charge in [-0.2, -0.15) is 4.31 Å². The Bertz CT molecular complexity index is 730. The Morgan fingerprint density at radius 3 is 2.38 bits per heavy atom. The molecule has 0 unspecified atom stereocenters. The molecule has 0 spiro atoms. The quantitative estimate of drug-likeness (QED) is 0.690. The molecule has 1 aliphatic rings. The van der Waals surface area contributed by atoms with Crippen LogP contribution in [0, 0.1) is 0 Å². The molecular formula is C17H26ClN3O4S. The van der Waals surface area contributed by atoms with E-state index in [2.05, 4.69) is 4.90 Å². The van der Waals surface area contributed by atoms with Crippen LogP contribution in [0.15, 0.2) is 23.1 Å². The van der Waals surface area contributed by atoms with Crippen LogP contribution in [0.25, 0.3) is 0 Å². The van der Waals surface area contributed by atoms with E-state index >= 15 is 0 Å². The molecule has 1 aromatic carbocycles.